The van der Waals surface area contributed by atoms with E-state index < -0.39 is 0 Å². The van der Waals surface area contributed by atoms with E-state index in [2.05, 4.69) is 0 Å². The molecule has 0 N–H and O–H groups in total. The van der Waals surface area contributed by atoms with Gasteiger partial charge in [0.05, 0.1) is 0 Å². The minimum absolute atomic E-state index is 0.182. The van der Waals surface area contributed by atoms with Gasteiger partial charge < -0.3 is 4.79 Å². The Balaban J connectivity index is 3.59. The zero-order chi connectivity index (χ0) is 7.28. The second-order valence-electron chi connectivity index (χ2n) is 2.45. The van der Waals surface area contributed by atoms with Crippen molar-refractivity contribution in [3.63, 3.8) is 0 Å². The van der Waals surface area contributed by atoms with E-state index in [1.165, 1.54) is 5.57 Å². The van der Waals surface area contributed by atoms with Gasteiger partial charge in [-0.05, 0) is 20.3 Å². The van der Waals surface area contributed by atoms with Gasteiger partial charge in [-0.2, -0.15) is 0 Å². The average Bonchev–Trinajstić information content (AvgIpc) is 1.87. The summed E-state index contributed by atoms with van der Waals surface area (Å²) in [5.41, 5.74) is 1.29. The molecule has 52 valence electrons. The maximum atomic E-state index is 10.1. The summed E-state index contributed by atoms with van der Waals surface area (Å²) in [6.45, 7) is 5.97. The first-order chi connectivity index (χ1) is 4.20. The van der Waals surface area contributed by atoms with E-state index in [9.17, 15) is 4.79 Å². The summed E-state index contributed by atoms with van der Waals surface area (Å²) < 4.78 is 0. The van der Waals surface area contributed by atoms with Crippen LogP contribution in [0.2, 0.25) is 0 Å². The van der Waals surface area contributed by atoms with Crippen LogP contribution in [-0.4, -0.2) is 6.29 Å². The molecule has 0 rings (SSSR count). The largest absolute Gasteiger partial charge is 0.303 e. The second-order valence-corrected chi connectivity index (χ2v) is 2.45. The standard InChI is InChI=1S/C8H14O/c1-4-7(2)5-8(3)6-9/h4,6,8H,5H2,1-3H3/b7-4+/t8-/m0/s1. The summed E-state index contributed by atoms with van der Waals surface area (Å²) in [7, 11) is 0. The lowest BCUT2D eigenvalue weighted by molar-refractivity contribution is -0.110. The van der Waals surface area contributed by atoms with Crippen LogP contribution < -0.4 is 0 Å². The Kier molecular flexibility index (Phi) is 4.02. The molecule has 0 aliphatic heterocycles. The number of hydrogen-bond acceptors (Lipinski definition) is 1. The highest BCUT2D eigenvalue weighted by Crippen LogP contribution is 2.06. The summed E-state index contributed by atoms with van der Waals surface area (Å²) in [4.78, 5) is 10.1. The number of aldehydes is 1. The Labute approximate surface area is 56.8 Å². The molecule has 0 amide bonds. The topological polar surface area (TPSA) is 17.1 Å². The van der Waals surface area contributed by atoms with Crippen molar-refractivity contribution in [3.8, 4) is 0 Å². The maximum Gasteiger partial charge on any atom is 0.123 e. The Hall–Kier alpha value is -0.590. The van der Waals surface area contributed by atoms with Gasteiger partial charge in [0.25, 0.3) is 0 Å². The van der Waals surface area contributed by atoms with Crippen molar-refractivity contribution in [2.24, 2.45) is 5.92 Å². The molecule has 0 saturated heterocycles. The van der Waals surface area contributed by atoms with Gasteiger partial charge in [0.1, 0.15) is 6.29 Å². The lowest BCUT2D eigenvalue weighted by Crippen LogP contribution is -1.95. The molecule has 0 fully saturated rings. The lowest BCUT2D eigenvalue weighted by Gasteiger charge is -2.00. The smallest absolute Gasteiger partial charge is 0.123 e. The third-order valence-electron chi connectivity index (χ3n) is 1.37. The van der Waals surface area contributed by atoms with Crippen molar-refractivity contribution < 1.29 is 4.79 Å². The summed E-state index contributed by atoms with van der Waals surface area (Å²) in [5, 5.41) is 0. The molecule has 1 atom stereocenters. The van der Waals surface area contributed by atoms with Gasteiger partial charge in [-0.25, -0.2) is 0 Å². The van der Waals surface area contributed by atoms with Crippen molar-refractivity contribution >= 4 is 6.29 Å². The Bertz CT molecular complexity index is 114. The van der Waals surface area contributed by atoms with Crippen LogP contribution in [-0.2, 0) is 4.79 Å². The van der Waals surface area contributed by atoms with Crippen LogP contribution >= 0.6 is 0 Å². The summed E-state index contributed by atoms with van der Waals surface area (Å²) >= 11 is 0. The highest BCUT2D eigenvalue weighted by molar-refractivity contribution is 5.53. The average molecular weight is 126 g/mol. The molecule has 0 aromatic heterocycles. The highest BCUT2D eigenvalue weighted by Gasteiger charge is 1.97. The number of rotatable bonds is 3. The van der Waals surface area contributed by atoms with Crippen LogP contribution in [0, 0.1) is 5.92 Å². The van der Waals surface area contributed by atoms with Gasteiger partial charge in [-0.15, -0.1) is 0 Å². The number of carbonyl (C=O) groups is 1. The predicted octanol–water partition coefficient (Wildman–Crippen LogP) is 2.18. The molecule has 0 aliphatic rings. The van der Waals surface area contributed by atoms with Gasteiger partial charge >= 0.3 is 0 Å². The third kappa shape index (κ3) is 3.95. The van der Waals surface area contributed by atoms with Gasteiger partial charge in [0, 0.05) is 5.92 Å². The fourth-order valence-electron chi connectivity index (χ4n) is 0.674. The van der Waals surface area contributed by atoms with Crippen molar-refractivity contribution in [2.75, 3.05) is 0 Å². The molecule has 0 radical (unpaired) electrons. The van der Waals surface area contributed by atoms with Crippen LogP contribution in [0.4, 0.5) is 0 Å². The van der Waals surface area contributed by atoms with E-state index in [4.69, 9.17) is 0 Å². The van der Waals surface area contributed by atoms with Crippen molar-refractivity contribution in [1.82, 2.24) is 0 Å². The molecule has 0 bridgehead atoms. The van der Waals surface area contributed by atoms with Crippen LogP contribution in [0.15, 0.2) is 11.6 Å². The molecule has 0 aliphatic carbocycles. The van der Waals surface area contributed by atoms with E-state index in [1.54, 1.807) is 0 Å². The molecule has 0 spiro atoms. The Morgan fingerprint density at radius 2 is 2.22 bits per heavy atom. The highest BCUT2D eigenvalue weighted by atomic mass is 16.1. The molecule has 0 aromatic rings. The molecule has 1 nitrogen and oxygen atoms in total. The van der Waals surface area contributed by atoms with E-state index in [0.717, 1.165) is 12.7 Å². The maximum absolute atomic E-state index is 10.1. The second kappa shape index (κ2) is 4.30. The van der Waals surface area contributed by atoms with E-state index in [-0.39, 0.29) is 5.92 Å². The van der Waals surface area contributed by atoms with E-state index in [0.29, 0.717) is 0 Å². The molecular weight excluding hydrogens is 112 g/mol. The van der Waals surface area contributed by atoms with Crippen LogP contribution in [0.1, 0.15) is 27.2 Å². The fraction of sp³-hybridized carbons (Fsp3) is 0.625. The normalized spacial score (nSPS) is 15.2. The molecule has 0 unspecified atom stereocenters. The zero-order valence-electron chi connectivity index (χ0n) is 6.35. The quantitative estimate of drug-likeness (QED) is 0.418. The van der Waals surface area contributed by atoms with E-state index >= 15 is 0 Å². The van der Waals surface area contributed by atoms with Crippen molar-refractivity contribution in [2.45, 2.75) is 27.2 Å². The molecule has 1 heteroatoms. The first-order valence-electron chi connectivity index (χ1n) is 3.27. The number of carbonyl (C=O) groups excluding carboxylic acids is 1. The summed E-state index contributed by atoms with van der Waals surface area (Å²) in [6.07, 6.45) is 3.94. The molecule has 0 heterocycles. The molecule has 0 saturated carbocycles. The molecule has 9 heavy (non-hydrogen) atoms. The monoisotopic (exact) mass is 126 g/mol. The fourth-order valence-corrected chi connectivity index (χ4v) is 0.674. The lowest BCUT2D eigenvalue weighted by atomic mass is 10.0. The SMILES string of the molecule is C/C=C(\C)C[C@H](C)C=O. The molecular formula is C8H14O. The predicted molar refractivity (Wildman–Crippen MR) is 39.3 cm³/mol. The van der Waals surface area contributed by atoms with Crippen molar-refractivity contribution in [3.05, 3.63) is 11.6 Å². The third-order valence-corrected chi connectivity index (χ3v) is 1.37. The first kappa shape index (κ1) is 8.41. The van der Waals surface area contributed by atoms with Gasteiger partial charge in [-0.1, -0.05) is 18.6 Å². The van der Waals surface area contributed by atoms with Crippen LogP contribution in [0.5, 0.6) is 0 Å². The first-order valence-corrected chi connectivity index (χ1v) is 3.27. The Morgan fingerprint density at radius 3 is 2.56 bits per heavy atom. The van der Waals surface area contributed by atoms with Crippen LogP contribution in [0.25, 0.3) is 0 Å². The zero-order valence-corrected chi connectivity index (χ0v) is 6.35. The minimum atomic E-state index is 0.182. The summed E-state index contributed by atoms with van der Waals surface area (Å²) in [5.74, 6) is 0.182. The van der Waals surface area contributed by atoms with Gasteiger partial charge in [0.15, 0.2) is 0 Å². The number of allylic oxidation sites excluding steroid dienone is 2. The van der Waals surface area contributed by atoms with Crippen LogP contribution in [0.3, 0.4) is 0 Å². The van der Waals surface area contributed by atoms with Gasteiger partial charge in [0.2, 0.25) is 0 Å². The molecule has 0 aromatic carbocycles. The Morgan fingerprint density at radius 1 is 1.67 bits per heavy atom. The number of hydrogen-bond donors (Lipinski definition) is 0. The minimum Gasteiger partial charge on any atom is -0.303 e. The van der Waals surface area contributed by atoms with Crippen molar-refractivity contribution in [1.29, 1.82) is 0 Å². The van der Waals surface area contributed by atoms with Gasteiger partial charge in [-0.3, -0.25) is 0 Å². The summed E-state index contributed by atoms with van der Waals surface area (Å²) in [6, 6.07) is 0. The van der Waals surface area contributed by atoms with E-state index in [1.807, 2.05) is 26.8 Å².